The second kappa shape index (κ2) is 7.61. The Morgan fingerprint density at radius 2 is 1.70 bits per heavy atom. The Morgan fingerprint density at radius 3 is 2.41 bits per heavy atom. The average Bonchev–Trinajstić information content (AvgIpc) is 3.31. The molecule has 0 spiro atoms. The summed E-state index contributed by atoms with van der Waals surface area (Å²) in [6.45, 7) is 0. The van der Waals surface area contributed by atoms with Crippen molar-refractivity contribution in [3.05, 3.63) is 98.7 Å². The van der Waals surface area contributed by atoms with Gasteiger partial charge in [0.1, 0.15) is 0 Å². The quantitative estimate of drug-likeness (QED) is 0.362. The molecule has 2 aromatic heterocycles. The summed E-state index contributed by atoms with van der Waals surface area (Å²) >= 11 is 24.9. The minimum Gasteiger partial charge on any atom is -0.367 e. The maximum Gasteiger partial charge on any atom is 0.0954 e. The zero-order chi connectivity index (χ0) is 19.0. The molecule has 0 saturated heterocycles. The molecule has 0 aliphatic rings. The predicted octanol–water partition coefficient (Wildman–Crippen LogP) is 7.13. The summed E-state index contributed by atoms with van der Waals surface area (Å²) in [6, 6.07) is 10.9. The van der Waals surface area contributed by atoms with Gasteiger partial charge < -0.3 is 9.55 Å². The number of halogens is 4. The van der Waals surface area contributed by atoms with Crippen LogP contribution in [0.2, 0.25) is 20.1 Å². The van der Waals surface area contributed by atoms with Crippen LogP contribution in [0, 0.1) is 0 Å². The van der Waals surface area contributed by atoms with E-state index in [2.05, 4.69) is 9.97 Å². The Balaban J connectivity index is 1.90. The Morgan fingerprint density at radius 1 is 0.852 bits per heavy atom. The first-order valence-corrected chi connectivity index (χ1v) is 9.60. The monoisotopic (exact) mass is 435 g/mol. The molecule has 4 rings (SSSR count). The lowest BCUT2D eigenvalue weighted by Gasteiger charge is -2.21. The third kappa shape index (κ3) is 3.61. The first-order valence-electron chi connectivity index (χ1n) is 8.09. The van der Waals surface area contributed by atoms with Crippen LogP contribution in [0.3, 0.4) is 0 Å². The Kier molecular flexibility index (Phi) is 5.20. The molecule has 0 fully saturated rings. The lowest BCUT2D eigenvalue weighted by Crippen LogP contribution is -2.11. The smallest absolute Gasteiger partial charge is 0.0954 e. The van der Waals surface area contributed by atoms with E-state index >= 15 is 0 Å². The third-order valence-corrected chi connectivity index (χ3v) is 5.66. The van der Waals surface area contributed by atoms with Crippen molar-refractivity contribution in [2.24, 2.45) is 0 Å². The van der Waals surface area contributed by atoms with E-state index in [0.29, 0.717) is 20.1 Å². The highest BCUT2D eigenvalue weighted by molar-refractivity contribution is 6.42. The fourth-order valence-electron chi connectivity index (χ4n) is 3.16. The van der Waals surface area contributed by atoms with E-state index in [1.54, 1.807) is 24.7 Å². The lowest BCUT2D eigenvalue weighted by atomic mass is 9.94. The van der Waals surface area contributed by atoms with Crippen LogP contribution in [-0.4, -0.2) is 14.5 Å². The number of nitrogens with one attached hydrogen (secondary N) is 1. The largest absolute Gasteiger partial charge is 0.367 e. The molecule has 2 aromatic carbocycles. The van der Waals surface area contributed by atoms with Gasteiger partial charge in [-0.15, -0.1) is 0 Å². The minimum absolute atomic E-state index is 0.157. The number of imidazole rings is 1. The topological polar surface area (TPSA) is 33.6 Å². The van der Waals surface area contributed by atoms with E-state index in [1.165, 1.54) is 0 Å². The Labute approximate surface area is 176 Å². The molecule has 1 N–H and O–H groups in total. The van der Waals surface area contributed by atoms with Gasteiger partial charge >= 0.3 is 0 Å². The van der Waals surface area contributed by atoms with Crippen LogP contribution in [0.1, 0.15) is 17.2 Å². The number of hydrogen-bond donors (Lipinski definition) is 1. The van der Waals surface area contributed by atoms with E-state index in [1.807, 2.05) is 47.4 Å². The molecular weight excluding hydrogens is 424 g/mol. The van der Waals surface area contributed by atoms with Crippen molar-refractivity contribution in [3.63, 3.8) is 0 Å². The molecule has 136 valence electrons. The molecule has 27 heavy (non-hydrogen) atoms. The third-order valence-electron chi connectivity index (χ3n) is 4.38. The molecule has 0 amide bonds. The first kappa shape index (κ1) is 18.5. The first-order chi connectivity index (χ1) is 13.0. The molecule has 0 bridgehead atoms. The van der Waals surface area contributed by atoms with E-state index in [9.17, 15) is 0 Å². The van der Waals surface area contributed by atoms with Crippen molar-refractivity contribution in [1.29, 1.82) is 0 Å². The Hall–Kier alpha value is -1.91. The van der Waals surface area contributed by atoms with Gasteiger partial charge in [0.25, 0.3) is 0 Å². The maximum absolute atomic E-state index is 6.46. The van der Waals surface area contributed by atoms with Crippen molar-refractivity contribution in [1.82, 2.24) is 14.5 Å². The summed E-state index contributed by atoms with van der Waals surface area (Å²) in [5.74, 6) is 0. The molecule has 0 aliphatic heterocycles. The van der Waals surface area contributed by atoms with E-state index < -0.39 is 0 Å². The van der Waals surface area contributed by atoms with Crippen molar-refractivity contribution < 1.29 is 0 Å². The summed E-state index contributed by atoms with van der Waals surface area (Å²) in [6.07, 6.45) is 9.30. The van der Waals surface area contributed by atoms with Crippen molar-refractivity contribution in [2.45, 2.75) is 6.04 Å². The highest BCUT2D eigenvalue weighted by atomic mass is 35.5. The minimum atomic E-state index is -0.157. The van der Waals surface area contributed by atoms with Gasteiger partial charge in [0.05, 0.1) is 22.4 Å². The van der Waals surface area contributed by atoms with Gasteiger partial charge in [0, 0.05) is 51.5 Å². The number of H-pyrrole nitrogens is 1. The number of hydrogen-bond acceptors (Lipinski definition) is 1. The van der Waals surface area contributed by atoms with Crippen LogP contribution in [-0.2, 0) is 0 Å². The predicted molar refractivity (Wildman–Crippen MR) is 112 cm³/mol. The number of nitrogens with zero attached hydrogens (tertiary/aromatic N) is 2. The zero-order valence-corrected chi connectivity index (χ0v) is 16.9. The highest BCUT2D eigenvalue weighted by Crippen LogP contribution is 2.39. The summed E-state index contributed by atoms with van der Waals surface area (Å²) < 4.78 is 2.01. The average molecular weight is 437 g/mol. The highest BCUT2D eigenvalue weighted by Gasteiger charge is 2.22. The molecule has 1 unspecified atom stereocenters. The molecule has 7 heteroatoms. The molecule has 0 aliphatic carbocycles. The molecule has 1 atom stereocenters. The summed E-state index contributed by atoms with van der Waals surface area (Å²) in [5, 5.41) is 2.19. The van der Waals surface area contributed by atoms with Crippen LogP contribution in [0.25, 0.3) is 11.1 Å². The Bertz CT molecular complexity index is 1090. The number of rotatable bonds is 4. The standard InChI is InChI=1S/C20H13Cl4N3/c21-13-2-3-14(18(23)8-13)15-9-26-10-16(15)20(27-6-5-25-11-27)12-1-4-17(22)19(24)7-12/h1-11,20,26H. The van der Waals surface area contributed by atoms with Crippen LogP contribution in [0.15, 0.2) is 67.5 Å². The molecular formula is C20H13Cl4N3. The van der Waals surface area contributed by atoms with Gasteiger partial charge in [-0.3, -0.25) is 0 Å². The maximum atomic E-state index is 6.46. The summed E-state index contributed by atoms with van der Waals surface area (Å²) in [4.78, 5) is 7.39. The summed E-state index contributed by atoms with van der Waals surface area (Å²) in [7, 11) is 0. The van der Waals surface area contributed by atoms with Gasteiger partial charge in [-0.25, -0.2) is 4.98 Å². The molecule has 3 nitrogen and oxygen atoms in total. The lowest BCUT2D eigenvalue weighted by molar-refractivity contribution is 0.679. The van der Waals surface area contributed by atoms with Gasteiger partial charge in [0.2, 0.25) is 0 Å². The van der Waals surface area contributed by atoms with E-state index in [0.717, 1.165) is 22.3 Å². The zero-order valence-electron chi connectivity index (χ0n) is 13.8. The second-order valence-corrected chi connectivity index (χ2v) is 7.69. The van der Waals surface area contributed by atoms with Crippen molar-refractivity contribution >= 4 is 46.4 Å². The van der Waals surface area contributed by atoms with Crippen LogP contribution in [0.4, 0.5) is 0 Å². The second-order valence-electron chi connectivity index (χ2n) is 6.03. The molecule has 0 saturated carbocycles. The van der Waals surface area contributed by atoms with Gasteiger partial charge in [-0.1, -0.05) is 58.5 Å². The van der Waals surface area contributed by atoms with Gasteiger partial charge in [-0.05, 0) is 29.8 Å². The van der Waals surface area contributed by atoms with Crippen LogP contribution >= 0.6 is 46.4 Å². The normalized spacial score (nSPS) is 12.3. The van der Waals surface area contributed by atoms with Crippen molar-refractivity contribution in [3.8, 4) is 11.1 Å². The van der Waals surface area contributed by atoms with Gasteiger partial charge in [-0.2, -0.15) is 0 Å². The molecule has 0 radical (unpaired) electrons. The van der Waals surface area contributed by atoms with Crippen molar-refractivity contribution in [2.75, 3.05) is 0 Å². The summed E-state index contributed by atoms with van der Waals surface area (Å²) in [5.41, 5.74) is 3.87. The van der Waals surface area contributed by atoms with Crippen LogP contribution < -0.4 is 0 Å². The SMILES string of the molecule is Clc1ccc(-c2c[nH]cc2C(c2ccc(Cl)c(Cl)c2)n2ccnc2)c(Cl)c1. The van der Waals surface area contributed by atoms with E-state index in [4.69, 9.17) is 46.4 Å². The fraction of sp³-hybridized carbons (Fsp3) is 0.0500. The molecule has 2 heterocycles. The van der Waals surface area contributed by atoms with E-state index in [-0.39, 0.29) is 6.04 Å². The molecule has 4 aromatic rings. The number of benzene rings is 2. The fourth-order valence-corrected chi connectivity index (χ4v) is 3.98. The number of aromatic nitrogens is 3. The number of aromatic amines is 1. The van der Waals surface area contributed by atoms with Gasteiger partial charge in [0.15, 0.2) is 0 Å². The van der Waals surface area contributed by atoms with Crippen LogP contribution in [0.5, 0.6) is 0 Å².